The molecule has 76 heavy (non-hydrogen) atoms. The van der Waals surface area contributed by atoms with Gasteiger partial charge in [-0.05, 0) is 103 Å². The Morgan fingerprint density at radius 2 is 0.697 bits per heavy atom. The smallest absolute Gasteiger partial charge is 0.0755 e. The molecular formula is C74H48N2. The quantitative estimate of drug-likeness (QED) is 0.155. The van der Waals surface area contributed by atoms with Crippen LogP contribution in [0.1, 0.15) is 44.5 Å². The highest BCUT2D eigenvalue weighted by molar-refractivity contribution is 6.13. The molecule has 0 saturated carbocycles. The van der Waals surface area contributed by atoms with Gasteiger partial charge in [0.15, 0.2) is 0 Å². The first-order chi connectivity index (χ1) is 37.8. The van der Waals surface area contributed by atoms with Gasteiger partial charge in [0.05, 0.1) is 44.6 Å². The molecule has 1 atom stereocenters. The molecule has 1 unspecified atom stereocenters. The van der Waals surface area contributed by atoms with E-state index < -0.39 is 10.8 Å². The summed E-state index contributed by atoms with van der Waals surface area (Å²) in [6, 6.07) is 109. The van der Waals surface area contributed by atoms with Crippen LogP contribution in [-0.2, 0) is 10.8 Å². The molecule has 2 heterocycles. The maximum atomic E-state index is 2.63. The molecule has 0 bridgehead atoms. The molecule has 1 spiro atoms. The van der Waals surface area contributed by atoms with Crippen LogP contribution in [-0.4, -0.2) is 4.57 Å². The molecule has 354 valence electrons. The fourth-order valence-electron chi connectivity index (χ4n) is 14.2. The normalized spacial score (nSPS) is 15.0. The largest absolute Gasteiger partial charge is 0.309 e. The summed E-state index contributed by atoms with van der Waals surface area (Å²) in [6.07, 6.45) is 0. The van der Waals surface area contributed by atoms with E-state index in [1.165, 1.54) is 105 Å². The maximum Gasteiger partial charge on any atom is 0.0755 e. The Bertz CT molecular complexity index is 4410. The van der Waals surface area contributed by atoms with Crippen molar-refractivity contribution in [1.29, 1.82) is 0 Å². The van der Waals surface area contributed by atoms with Crippen LogP contribution in [0.5, 0.6) is 0 Å². The van der Waals surface area contributed by atoms with Gasteiger partial charge in [-0.1, -0.05) is 261 Å². The molecule has 2 heteroatoms. The zero-order valence-corrected chi connectivity index (χ0v) is 41.6. The number of benzene rings is 12. The number of rotatable bonds is 7. The third-order valence-electron chi connectivity index (χ3n) is 17.1. The van der Waals surface area contributed by atoms with Gasteiger partial charge < -0.3 is 9.47 Å². The predicted molar refractivity (Wildman–Crippen MR) is 315 cm³/mol. The van der Waals surface area contributed by atoms with E-state index in [4.69, 9.17) is 0 Å². The predicted octanol–water partition coefficient (Wildman–Crippen LogP) is 18.6. The summed E-state index contributed by atoms with van der Waals surface area (Å²) in [5.41, 5.74) is 25.8. The van der Waals surface area contributed by atoms with E-state index >= 15 is 0 Å². The van der Waals surface area contributed by atoms with Crippen molar-refractivity contribution in [1.82, 2.24) is 4.57 Å². The number of anilines is 3. The van der Waals surface area contributed by atoms with Crippen LogP contribution < -0.4 is 4.90 Å². The number of hydrogen-bond acceptors (Lipinski definition) is 1. The van der Waals surface area contributed by atoms with Gasteiger partial charge in [-0.2, -0.15) is 0 Å². The summed E-state index contributed by atoms with van der Waals surface area (Å²) >= 11 is 0. The van der Waals surface area contributed by atoms with E-state index in [0.717, 1.165) is 28.2 Å². The number of nitrogens with zero attached hydrogens (tertiary/aromatic N) is 2. The van der Waals surface area contributed by atoms with Crippen LogP contribution >= 0.6 is 0 Å². The lowest BCUT2D eigenvalue weighted by Gasteiger charge is -2.40. The second-order valence-electron chi connectivity index (χ2n) is 20.6. The van der Waals surface area contributed by atoms with Crippen molar-refractivity contribution in [2.24, 2.45) is 0 Å². The van der Waals surface area contributed by atoms with Gasteiger partial charge in [0.25, 0.3) is 0 Å². The number of fused-ring (bicyclic) bond motifs is 15. The fourth-order valence-corrected chi connectivity index (χ4v) is 14.2. The first kappa shape index (κ1) is 42.7. The second kappa shape index (κ2) is 16.4. The third kappa shape index (κ3) is 5.65. The van der Waals surface area contributed by atoms with Crippen LogP contribution in [0.25, 0.3) is 72.0 Å². The monoisotopic (exact) mass is 964 g/mol. The molecule has 1 aromatic heterocycles. The minimum Gasteiger partial charge on any atom is -0.309 e. The summed E-state index contributed by atoms with van der Waals surface area (Å²) in [7, 11) is 0. The number of para-hydroxylation sites is 4. The molecular weight excluding hydrogens is 917 g/mol. The minimum absolute atomic E-state index is 0.582. The van der Waals surface area contributed by atoms with Crippen LogP contribution in [0.2, 0.25) is 0 Å². The van der Waals surface area contributed by atoms with Gasteiger partial charge in [0.2, 0.25) is 0 Å². The second-order valence-corrected chi connectivity index (χ2v) is 20.6. The Hall–Kier alpha value is -9.76. The average Bonchev–Trinajstić information content (AvgIpc) is 3.90. The molecule has 0 amide bonds. The zero-order valence-electron chi connectivity index (χ0n) is 41.6. The Morgan fingerprint density at radius 3 is 1.37 bits per heavy atom. The molecule has 16 rings (SSSR count). The molecule has 2 nitrogen and oxygen atoms in total. The molecule has 2 aliphatic carbocycles. The van der Waals surface area contributed by atoms with Gasteiger partial charge in [-0.3, -0.25) is 0 Å². The van der Waals surface area contributed by atoms with Crippen molar-refractivity contribution in [2.45, 2.75) is 10.8 Å². The third-order valence-corrected chi connectivity index (χ3v) is 17.1. The first-order valence-corrected chi connectivity index (χ1v) is 26.5. The fraction of sp³-hybridized carbons (Fsp3) is 0.0270. The van der Waals surface area contributed by atoms with Crippen molar-refractivity contribution < 1.29 is 0 Å². The molecule has 3 aliphatic rings. The maximum absolute atomic E-state index is 2.63. The Kier molecular flexibility index (Phi) is 9.20. The molecule has 13 aromatic rings. The first-order valence-electron chi connectivity index (χ1n) is 26.5. The van der Waals surface area contributed by atoms with Gasteiger partial charge in [-0.25, -0.2) is 0 Å². The molecule has 1 aliphatic heterocycles. The van der Waals surface area contributed by atoms with Crippen LogP contribution in [0, 0.1) is 0 Å². The van der Waals surface area contributed by atoms with Crippen molar-refractivity contribution in [2.75, 3.05) is 4.90 Å². The van der Waals surface area contributed by atoms with Gasteiger partial charge in [-0.15, -0.1) is 0 Å². The highest BCUT2D eigenvalue weighted by Gasteiger charge is 2.53. The van der Waals surface area contributed by atoms with Crippen LogP contribution in [0.4, 0.5) is 17.1 Å². The molecule has 0 saturated heterocycles. The van der Waals surface area contributed by atoms with Crippen molar-refractivity contribution in [3.63, 3.8) is 0 Å². The van der Waals surface area contributed by atoms with Crippen molar-refractivity contribution >= 4 is 38.9 Å². The Morgan fingerprint density at radius 1 is 0.263 bits per heavy atom. The van der Waals surface area contributed by atoms with Gasteiger partial charge in [0.1, 0.15) is 0 Å². The van der Waals surface area contributed by atoms with E-state index in [0.29, 0.717) is 0 Å². The van der Waals surface area contributed by atoms with Gasteiger partial charge >= 0.3 is 0 Å². The Balaban J connectivity index is 1.03. The van der Waals surface area contributed by atoms with Crippen LogP contribution in [0.15, 0.2) is 291 Å². The van der Waals surface area contributed by atoms with E-state index in [1.807, 2.05) is 0 Å². The van der Waals surface area contributed by atoms with Gasteiger partial charge in [0, 0.05) is 27.5 Å². The highest BCUT2D eigenvalue weighted by Crippen LogP contribution is 2.65. The minimum atomic E-state index is -0.623. The van der Waals surface area contributed by atoms with E-state index in [2.05, 4.69) is 301 Å². The highest BCUT2D eigenvalue weighted by atomic mass is 15.2. The summed E-state index contributed by atoms with van der Waals surface area (Å²) in [6.45, 7) is 0. The van der Waals surface area contributed by atoms with Crippen LogP contribution in [0.3, 0.4) is 0 Å². The lowest BCUT2D eigenvalue weighted by Crippen LogP contribution is -2.33. The van der Waals surface area contributed by atoms with Crippen molar-refractivity contribution in [3.05, 3.63) is 336 Å². The summed E-state index contributed by atoms with van der Waals surface area (Å²) in [5.74, 6) is 0. The zero-order chi connectivity index (χ0) is 50.0. The number of aromatic nitrogens is 1. The molecule has 0 fully saturated rings. The Labute approximate surface area is 442 Å². The topological polar surface area (TPSA) is 8.17 Å². The summed E-state index contributed by atoms with van der Waals surface area (Å²) in [5, 5.41) is 2.54. The van der Waals surface area contributed by atoms with E-state index in [-0.39, 0.29) is 0 Å². The van der Waals surface area contributed by atoms with E-state index in [1.54, 1.807) is 0 Å². The lowest BCUT2D eigenvalue weighted by atomic mass is 9.65. The number of hydrogen-bond donors (Lipinski definition) is 0. The molecule has 0 radical (unpaired) electrons. The summed E-state index contributed by atoms with van der Waals surface area (Å²) < 4.78 is 2.53. The SMILES string of the molecule is c1ccc(-c2ccc(-c3ccccc3N(c3cccc4c3-c3ccccc3C4(c3ccccc3)c3ccccc3)c3cccc4c3-c3ccccc3C43c4ccccc4-n4c5ccccc5c5cccc3c54)cc2)cc1. The molecule has 0 N–H and O–H groups in total. The average molecular weight is 965 g/mol. The van der Waals surface area contributed by atoms with Crippen molar-refractivity contribution in [3.8, 4) is 50.2 Å². The standard InChI is InChI=1S/C74H48N2/c1-4-23-49(24-5-1)50-45-47-51(48-46-50)54-29-12-17-40-65(54)75(68-43-21-37-62-70(68)57-31-10-14-34-59(57)73(62,52-25-6-2-7-26-52)53-27-8-3-9-28-53)69-44-22-38-63-71(69)58-32-11-15-35-60(58)74(63)61-36-16-19-42-67(61)76-66-41-18-13-30-55(66)56-33-20-39-64(74)72(56)76/h1-48H. The van der Waals surface area contributed by atoms with E-state index in [9.17, 15) is 0 Å². The lowest BCUT2D eigenvalue weighted by molar-refractivity contribution is 0.748. The molecule has 12 aromatic carbocycles. The summed E-state index contributed by atoms with van der Waals surface area (Å²) in [4.78, 5) is 2.63.